The van der Waals surface area contributed by atoms with E-state index in [1.807, 2.05) is 6.26 Å². The minimum Gasteiger partial charge on any atom is -0.480 e. The number of aliphatic carboxylic acids is 1. The van der Waals surface area contributed by atoms with Crippen LogP contribution in [-0.2, 0) is 19.2 Å². The molecule has 0 rings (SSSR count). The van der Waals surface area contributed by atoms with Gasteiger partial charge in [0, 0.05) is 5.75 Å². The van der Waals surface area contributed by atoms with E-state index < -0.39 is 47.9 Å². The molecule has 0 aromatic rings. The standard InChI is InChI=1S/C19H37N5O5S2/c1-11(2)15(24-16(25)12(21)7-9-31-3)18(27)22-13(6-4-5-8-20)17(26)23-14(10-30)19(28)29/h11-15,30H,4-10,20-21H2,1-3H3,(H,22,27)(H,23,26)(H,24,25)(H,28,29). The van der Waals surface area contributed by atoms with Crippen molar-refractivity contribution < 1.29 is 24.3 Å². The molecule has 0 aliphatic carbocycles. The molecule has 10 nitrogen and oxygen atoms in total. The van der Waals surface area contributed by atoms with E-state index in [1.54, 1.807) is 25.6 Å². The van der Waals surface area contributed by atoms with Crippen molar-refractivity contribution in [1.82, 2.24) is 16.0 Å². The van der Waals surface area contributed by atoms with Gasteiger partial charge < -0.3 is 32.5 Å². The summed E-state index contributed by atoms with van der Waals surface area (Å²) < 4.78 is 0. The second kappa shape index (κ2) is 16.2. The Morgan fingerprint density at radius 3 is 2.06 bits per heavy atom. The Balaban J connectivity index is 5.28. The lowest BCUT2D eigenvalue weighted by molar-refractivity contribution is -0.141. The number of hydrogen-bond donors (Lipinski definition) is 7. The van der Waals surface area contributed by atoms with Crippen LogP contribution in [0.1, 0.15) is 39.5 Å². The number of carbonyl (C=O) groups excluding carboxylic acids is 3. The van der Waals surface area contributed by atoms with Gasteiger partial charge in [-0.2, -0.15) is 24.4 Å². The molecule has 0 fully saturated rings. The van der Waals surface area contributed by atoms with Gasteiger partial charge in [-0.15, -0.1) is 0 Å². The van der Waals surface area contributed by atoms with E-state index in [1.165, 1.54) is 0 Å². The van der Waals surface area contributed by atoms with Crippen LogP contribution in [0.25, 0.3) is 0 Å². The van der Waals surface area contributed by atoms with Crippen molar-refractivity contribution in [3.05, 3.63) is 0 Å². The third kappa shape index (κ3) is 11.6. The Hall–Kier alpha value is -1.50. The van der Waals surface area contributed by atoms with E-state index in [0.717, 1.165) is 0 Å². The molecule has 0 saturated heterocycles. The third-order valence-electron chi connectivity index (χ3n) is 4.59. The molecular weight excluding hydrogens is 442 g/mol. The summed E-state index contributed by atoms with van der Waals surface area (Å²) in [7, 11) is 0. The molecule has 0 aliphatic heterocycles. The fourth-order valence-corrected chi connectivity index (χ4v) is 3.39. The maximum Gasteiger partial charge on any atom is 0.327 e. The highest BCUT2D eigenvalue weighted by Crippen LogP contribution is 2.08. The monoisotopic (exact) mass is 479 g/mol. The maximum absolute atomic E-state index is 12.9. The molecule has 4 unspecified atom stereocenters. The van der Waals surface area contributed by atoms with Crippen LogP contribution >= 0.6 is 24.4 Å². The third-order valence-corrected chi connectivity index (χ3v) is 5.60. The van der Waals surface area contributed by atoms with E-state index in [4.69, 9.17) is 16.6 Å². The summed E-state index contributed by atoms with van der Waals surface area (Å²) >= 11 is 5.50. The van der Waals surface area contributed by atoms with Crippen LogP contribution in [0.3, 0.4) is 0 Å². The predicted octanol–water partition coefficient (Wildman–Crippen LogP) is -0.679. The number of carboxylic acid groups (broad SMARTS) is 1. The lowest BCUT2D eigenvalue weighted by Crippen LogP contribution is -2.58. The van der Waals surface area contributed by atoms with E-state index in [0.29, 0.717) is 31.6 Å². The van der Waals surface area contributed by atoms with Crippen LogP contribution in [0, 0.1) is 5.92 Å². The summed E-state index contributed by atoms with van der Waals surface area (Å²) in [5.74, 6) is -2.46. The van der Waals surface area contributed by atoms with E-state index in [2.05, 4.69) is 28.6 Å². The first-order valence-corrected chi connectivity index (χ1v) is 12.3. The molecule has 0 aliphatic rings. The number of amides is 3. The van der Waals surface area contributed by atoms with E-state index in [-0.39, 0.29) is 18.1 Å². The number of thioether (sulfide) groups is 1. The number of thiol groups is 1. The quantitative estimate of drug-likeness (QED) is 0.112. The number of unbranched alkanes of at least 4 members (excludes halogenated alkanes) is 1. The zero-order chi connectivity index (χ0) is 24.0. The Labute approximate surface area is 193 Å². The van der Waals surface area contributed by atoms with Crippen LogP contribution in [0.2, 0.25) is 0 Å². The average molecular weight is 480 g/mol. The number of rotatable bonds is 16. The van der Waals surface area contributed by atoms with Gasteiger partial charge in [0.05, 0.1) is 6.04 Å². The Bertz CT molecular complexity index is 594. The molecule has 0 bridgehead atoms. The Morgan fingerprint density at radius 2 is 1.58 bits per heavy atom. The predicted molar refractivity (Wildman–Crippen MR) is 126 cm³/mol. The highest BCUT2D eigenvalue weighted by Gasteiger charge is 2.31. The molecule has 12 heteroatoms. The molecule has 0 radical (unpaired) electrons. The lowest BCUT2D eigenvalue weighted by atomic mass is 10.0. The highest BCUT2D eigenvalue weighted by atomic mass is 32.2. The second-order valence-electron chi connectivity index (χ2n) is 7.55. The van der Waals surface area contributed by atoms with Crippen LogP contribution in [0.5, 0.6) is 0 Å². The van der Waals surface area contributed by atoms with Gasteiger partial charge in [0.2, 0.25) is 17.7 Å². The zero-order valence-electron chi connectivity index (χ0n) is 18.4. The topological polar surface area (TPSA) is 177 Å². The summed E-state index contributed by atoms with van der Waals surface area (Å²) in [6, 6.07) is -3.78. The molecule has 3 amide bonds. The van der Waals surface area contributed by atoms with Crippen molar-refractivity contribution in [2.75, 3.05) is 24.3 Å². The lowest BCUT2D eigenvalue weighted by Gasteiger charge is -2.27. The molecule has 31 heavy (non-hydrogen) atoms. The van der Waals surface area contributed by atoms with Crippen molar-refractivity contribution in [2.45, 2.75) is 63.7 Å². The van der Waals surface area contributed by atoms with Crippen LogP contribution in [0.15, 0.2) is 0 Å². The fraction of sp³-hybridized carbons (Fsp3) is 0.789. The maximum atomic E-state index is 12.9. The SMILES string of the molecule is CSCCC(N)C(=O)NC(C(=O)NC(CCCCN)C(=O)NC(CS)C(=O)O)C(C)C. The minimum atomic E-state index is -1.22. The number of nitrogens with two attached hydrogens (primary N) is 2. The molecule has 4 atom stereocenters. The summed E-state index contributed by atoms with van der Waals surface area (Å²) in [4.78, 5) is 49.1. The summed E-state index contributed by atoms with van der Waals surface area (Å²) in [6.07, 6.45) is 3.87. The average Bonchev–Trinajstić information content (AvgIpc) is 2.72. The largest absolute Gasteiger partial charge is 0.480 e. The molecule has 8 N–H and O–H groups in total. The molecule has 0 heterocycles. The molecule has 0 saturated carbocycles. The Morgan fingerprint density at radius 1 is 0.968 bits per heavy atom. The van der Waals surface area contributed by atoms with Crippen LogP contribution in [0.4, 0.5) is 0 Å². The van der Waals surface area contributed by atoms with Crippen molar-refractivity contribution in [3.63, 3.8) is 0 Å². The Kier molecular flexibility index (Phi) is 15.4. The molecular formula is C19H37N5O5S2. The van der Waals surface area contributed by atoms with Gasteiger partial charge in [-0.1, -0.05) is 13.8 Å². The highest BCUT2D eigenvalue weighted by molar-refractivity contribution is 7.98. The zero-order valence-corrected chi connectivity index (χ0v) is 20.1. The van der Waals surface area contributed by atoms with Gasteiger partial charge in [-0.3, -0.25) is 14.4 Å². The smallest absolute Gasteiger partial charge is 0.327 e. The molecule has 0 aromatic heterocycles. The van der Waals surface area contributed by atoms with Gasteiger partial charge >= 0.3 is 5.97 Å². The van der Waals surface area contributed by atoms with Crippen molar-refractivity contribution in [2.24, 2.45) is 17.4 Å². The van der Waals surface area contributed by atoms with Crippen molar-refractivity contribution >= 4 is 48.1 Å². The van der Waals surface area contributed by atoms with Crippen LogP contribution in [-0.4, -0.2) is 77.3 Å². The van der Waals surface area contributed by atoms with Crippen molar-refractivity contribution in [1.29, 1.82) is 0 Å². The first-order valence-electron chi connectivity index (χ1n) is 10.3. The van der Waals surface area contributed by atoms with Gasteiger partial charge in [0.1, 0.15) is 18.1 Å². The minimum absolute atomic E-state index is 0.0941. The van der Waals surface area contributed by atoms with Gasteiger partial charge in [-0.25, -0.2) is 4.79 Å². The van der Waals surface area contributed by atoms with Gasteiger partial charge in [0.25, 0.3) is 0 Å². The van der Waals surface area contributed by atoms with E-state index in [9.17, 15) is 19.2 Å². The molecule has 0 spiro atoms. The number of carboxylic acids is 1. The number of nitrogens with one attached hydrogen (secondary N) is 3. The summed E-state index contributed by atoms with van der Waals surface area (Å²) in [6.45, 7) is 3.96. The normalized spacial score (nSPS) is 14.9. The van der Waals surface area contributed by atoms with Crippen molar-refractivity contribution in [3.8, 4) is 0 Å². The van der Waals surface area contributed by atoms with Gasteiger partial charge in [0.15, 0.2) is 0 Å². The van der Waals surface area contributed by atoms with Gasteiger partial charge in [-0.05, 0) is 50.2 Å². The summed E-state index contributed by atoms with van der Waals surface area (Å²) in [5.41, 5.74) is 11.4. The summed E-state index contributed by atoms with van der Waals surface area (Å²) in [5, 5.41) is 16.8. The number of carbonyl (C=O) groups is 4. The van der Waals surface area contributed by atoms with E-state index >= 15 is 0 Å². The first kappa shape index (κ1) is 29.5. The molecule has 0 aromatic carbocycles. The first-order chi connectivity index (χ1) is 14.6. The number of hydrogen-bond acceptors (Lipinski definition) is 8. The second-order valence-corrected chi connectivity index (χ2v) is 8.90. The fourth-order valence-electron chi connectivity index (χ4n) is 2.65. The molecule has 180 valence electrons. The van der Waals surface area contributed by atoms with Crippen LogP contribution < -0.4 is 27.4 Å².